The fraction of sp³-hybridized carbons (Fsp3) is 0. The molecule has 0 amide bonds. The van der Waals surface area contributed by atoms with Gasteiger partial charge in [-0.1, -0.05) is 231 Å². The predicted octanol–water partition coefficient (Wildman–Crippen LogP) is 14.6. The minimum Gasteiger partial charge on any atom is -0.311 e. The lowest BCUT2D eigenvalue weighted by Gasteiger charge is -2.35. The molecule has 1 heterocycles. The first-order chi connectivity index (χ1) is 34.2. The molecule has 1 aromatic heterocycles. The van der Waals surface area contributed by atoms with Crippen molar-refractivity contribution in [1.29, 1.82) is 0 Å². The van der Waals surface area contributed by atoms with Crippen LogP contribution >= 0.6 is 0 Å². The summed E-state index contributed by atoms with van der Waals surface area (Å²) in [6.07, 6.45) is 0. The largest absolute Gasteiger partial charge is 0.311 e. The summed E-state index contributed by atoms with van der Waals surface area (Å²) < 4.78 is 2.39. The van der Waals surface area contributed by atoms with E-state index in [1.165, 1.54) is 75.9 Å². The van der Waals surface area contributed by atoms with Crippen LogP contribution in [0, 0.1) is 0 Å². The van der Waals surface area contributed by atoms with Crippen LogP contribution in [0.25, 0.3) is 60.9 Å². The van der Waals surface area contributed by atoms with Gasteiger partial charge in [0.2, 0.25) is 0 Å². The summed E-state index contributed by atoms with van der Waals surface area (Å²) in [6, 6.07) is 107. The standard InChI is InChI=1S/C66H48N2Si/c1-6-20-49(21-7-1)50-36-38-51(39-37-50)52-40-44-55(45-41-52)67(57-24-18-31-61(48-57)69(58-25-10-3-11-26-58,59-27-12-4-13-28-59)60-29-14-5-15-30-60)56-46-42-53(43-47-56)62-33-19-35-65-66(62)63-32-16-17-34-64(63)68(65)54-22-8-2-9-23-54/h1-48H. The maximum Gasteiger partial charge on any atom is 0.179 e. The fourth-order valence-corrected chi connectivity index (χ4v) is 15.4. The summed E-state index contributed by atoms with van der Waals surface area (Å²) in [5.74, 6) is 0. The Labute approximate surface area is 405 Å². The molecule has 12 aromatic rings. The third kappa shape index (κ3) is 7.56. The first-order valence-corrected chi connectivity index (χ1v) is 25.8. The highest BCUT2D eigenvalue weighted by Gasteiger charge is 2.41. The Balaban J connectivity index is 1.01. The fourth-order valence-electron chi connectivity index (χ4n) is 10.6. The molecule has 12 rings (SSSR count). The topological polar surface area (TPSA) is 8.17 Å². The molecule has 0 atom stereocenters. The van der Waals surface area contributed by atoms with Crippen molar-refractivity contribution in [3.63, 3.8) is 0 Å². The average Bonchev–Trinajstić information content (AvgIpc) is 3.78. The van der Waals surface area contributed by atoms with Gasteiger partial charge in [-0.25, -0.2) is 0 Å². The number of benzene rings is 11. The number of aromatic nitrogens is 1. The van der Waals surface area contributed by atoms with Gasteiger partial charge in [-0.05, 0) is 115 Å². The zero-order valence-electron chi connectivity index (χ0n) is 38.1. The summed E-state index contributed by atoms with van der Waals surface area (Å²) in [5, 5.41) is 7.86. The van der Waals surface area contributed by atoms with Gasteiger partial charge in [0.25, 0.3) is 0 Å². The molecule has 0 spiro atoms. The molecular weight excluding hydrogens is 849 g/mol. The molecule has 0 N–H and O–H groups in total. The molecule has 2 nitrogen and oxygen atoms in total. The first kappa shape index (κ1) is 41.7. The van der Waals surface area contributed by atoms with Crippen LogP contribution in [-0.2, 0) is 0 Å². The second-order valence-electron chi connectivity index (χ2n) is 17.7. The Morgan fingerprint density at radius 2 is 0.681 bits per heavy atom. The summed E-state index contributed by atoms with van der Waals surface area (Å²) in [5.41, 5.74) is 14.0. The highest BCUT2D eigenvalue weighted by Crippen LogP contribution is 2.41. The molecule has 0 radical (unpaired) electrons. The lowest BCUT2D eigenvalue weighted by Crippen LogP contribution is -2.74. The molecule has 326 valence electrons. The lowest BCUT2D eigenvalue weighted by atomic mass is 9.98. The van der Waals surface area contributed by atoms with E-state index in [2.05, 4.69) is 301 Å². The molecule has 0 aliphatic heterocycles. The molecule has 0 aliphatic carbocycles. The monoisotopic (exact) mass is 896 g/mol. The Morgan fingerprint density at radius 3 is 1.23 bits per heavy atom. The van der Waals surface area contributed by atoms with Crippen molar-refractivity contribution in [2.75, 3.05) is 4.90 Å². The molecule has 69 heavy (non-hydrogen) atoms. The van der Waals surface area contributed by atoms with Crippen LogP contribution in [-0.4, -0.2) is 12.6 Å². The Kier molecular flexibility index (Phi) is 11.0. The van der Waals surface area contributed by atoms with Gasteiger partial charge < -0.3 is 9.47 Å². The number of nitrogens with zero attached hydrogens (tertiary/aromatic N) is 2. The summed E-state index contributed by atoms with van der Waals surface area (Å²) in [4.78, 5) is 2.43. The zero-order chi connectivity index (χ0) is 46.0. The van der Waals surface area contributed by atoms with E-state index in [1.807, 2.05) is 0 Å². The molecule has 0 bridgehead atoms. The van der Waals surface area contributed by atoms with Crippen molar-refractivity contribution in [2.45, 2.75) is 0 Å². The van der Waals surface area contributed by atoms with E-state index in [1.54, 1.807) is 0 Å². The van der Waals surface area contributed by atoms with E-state index in [9.17, 15) is 0 Å². The Bertz CT molecular complexity index is 3570. The molecule has 0 saturated carbocycles. The second-order valence-corrected chi connectivity index (χ2v) is 21.5. The second kappa shape index (κ2) is 18.1. The van der Waals surface area contributed by atoms with Gasteiger partial charge >= 0.3 is 0 Å². The number of hydrogen-bond donors (Lipinski definition) is 0. The van der Waals surface area contributed by atoms with Crippen molar-refractivity contribution in [3.05, 3.63) is 291 Å². The Hall–Kier alpha value is -8.76. The van der Waals surface area contributed by atoms with Gasteiger partial charge in [0.15, 0.2) is 8.07 Å². The zero-order valence-corrected chi connectivity index (χ0v) is 39.1. The van der Waals surface area contributed by atoms with Crippen molar-refractivity contribution in [3.8, 4) is 39.1 Å². The quantitative estimate of drug-likeness (QED) is 0.0928. The van der Waals surface area contributed by atoms with Crippen molar-refractivity contribution < 1.29 is 0 Å². The van der Waals surface area contributed by atoms with Crippen LogP contribution in [0.1, 0.15) is 0 Å². The van der Waals surface area contributed by atoms with Crippen molar-refractivity contribution in [2.24, 2.45) is 0 Å². The van der Waals surface area contributed by atoms with E-state index >= 15 is 0 Å². The van der Waals surface area contributed by atoms with Crippen molar-refractivity contribution >= 4 is 67.7 Å². The molecular formula is C66H48N2Si. The first-order valence-electron chi connectivity index (χ1n) is 23.8. The van der Waals surface area contributed by atoms with Gasteiger partial charge in [-0.3, -0.25) is 0 Å². The summed E-state index contributed by atoms with van der Waals surface area (Å²) >= 11 is 0. The molecule has 0 unspecified atom stereocenters. The molecule has 11 aromatic carbocycles. The lowest BCUT2D eigenvalue weighted by molar-refractivity contribution is 1.18. The van der Waals surface area contributed by atoms with E-state index < -0.39 is 8.07 Å². The van der Waals surface area contributed by atoms with Crippen LogP contribution in [0.2, 0.25) is 0 Å². The third-order valence-electron chi connectivity index (χ3n) is 13.8. The smallest absolute Gasteiger partial charge is 0.179 e. The molecule has 0 saturated heterocycles. The van der Waals surface area contributed by atoms with Crippen LogP contribution in [0.15, 0.2) is 291 Å². The van der Waals surface area contributed by atoms with E-state index in [0.717, 1.165) is 22.7 Å². The maximum atomic E-state index is 2.46. The third-order valence-corrected chi connectivity index (χ3v) is 18.5. The van der Waals surface area contributed by atoms with Crippen molar-refractivity contribution in [1.82, 2.24) is 4.57 Å². The van der Waals surface area contributed by atoms with Gasteiger partial charge in [-0.2, -0.15) is 0 Å². The number of rotatable bonds is 11. The molecule has 0 aliphatic rings. The number of anilines is 3. The minimum atomic E-state index is -2.81. The Morgan fingerprint density at radius 1 is 0.275 bits per heavy atom. The average molecular weight is 897 g/mol. The molecule has 0 fully saturated rings. The van der Waals surface area contributed by atoms with Crippen LogP contribution in [0.3, 0.4) is 0 Å². The highest BCUT2D eigenvalue weighted by atomic mass is 28.3. The summed E-state index contributed by atoms with van der Waals surface area (Å²) in [6.45, 7) is 0. The van der Waals surface area contributed by atoms with Gasteiger partial charge in [0, 0.05) is 33.5 Å². The van der Waals surface area contributed by atoms with Gasteiger partial charge in [0.05, 0.1) is 11.0 Å². The SMILES string of the molecule is c1ccc(-c2ccc(-c3ccc(N(c4ccc(-c5cccc6c5c5ccccc5n6-c5ccccc5)cc4)c4cccc([Si](c5ccccc5)(c5ccccc5)c5ccccc5)c4)cc3)cc2)cc1. The minimum absolute atomic E-state index is 1.08. The van der Waals surface area contributed by atoms with E-state index in [-0.39, 0.29) is 0 Å². The van der Waals surface area contributed by atoms with Crippen LogP contribution in [0.4, 0.5) is 17.1 Å². The highest BCUT2D eigenvalue weighted by molar-refractivity contribution is 7.19. The van der Waals surface area contributed by atoms with Crippen LogP contribution < -0.4 is 25.6 Å². The predicted molar refractivity (Wildman–Crippen MR) is 295 cm³/mol. The van der Waals surface area contributed by atoms with Gasteiger partial charge in [-0.15, -0.1) is 0 Å². The van der Waals surface area contributed by atoms with Crippen LogP contribution in [0.5, 0.6) is 0 Å². The molecule has 3 heteroatoms. The number of hydrogen-bond acceptors (Lipinski definition) is 1. The van der Waals surface area contributed by atoms with E-state index in [0.29, 0.717) is 0 Å². The van der Waals surface area contributed by atoms with E-state index in [4.69, 9.17) is 0 Å². The number of fused-ring (bicyclic) bond motifs is 3. The normalized spacial score (nSPS) is 11.5. The maximum absolute atomic E-state index is 2.81. The summed E-state index contributed by atoms with van der Waals surface area (Å²) in [7, 11) is -2.81. The van der Waals surface area contributed by atoms with Gasteiger partial charge in [0.1, 0.15) is 0 Å². The number of para-hydroxylation sites is 2.